The van der Waals surface area contributed by atoms with Gasteiger partial charge in [0.2, 0.25) is 0 Å². The van der Waals surface area contributed by atoms with Crippen molar-refractivity contribution < 1.29 is 14.3 Å². The minimum atomic E-state index is -0.571. The highest BCUT2D eigenvalue weighted by atomic mass is 79.9. The molecule has 4 nitrogen and oxygen atoms in total. The Labute approximate surface area is 156 Å². The molecule has 25 heavy (non-hydrogen) atoms. The number of hydrogen-bond acceptors (Lipinski definition) is 3. The van der Waals surface area contributed by atoms with Crippen molar-refractivity contribution in [2.75, 3.05) is 6.61 Å². The molecule has 0 aliphatic carbocycles. The largest absolute Gasteiger partial charge is 0.493 e. The zero-order valence-electron chi connectivity index (χ0n) is 14.6. The van der Waals surface area contributed by atoms with Gasteiger partial charge < -0.3 is 14.8 Å². The van der Waals surface area contributed by atoms with Gasteiger partial charge in [0.25, 0.3) is 5.91 Å². The molecule has 2 unspecified atom stereocenters. The van der Waals surface area contributed by atoms with E-state index in [2.05, 4.69) is 40.3 Å². The molecule has 1 amide bonds. The summed E-state index contributed by atoms with van der Waals surface area (Å²) in [6, 6.07) is 11.6. The van der Waals surface area contributed by atoms with E-state index < -0.39 is 6.10 Å². The van der Waals surface area contributed by atoms with E-state index in [4.69, 9.17) is 9.47 Å². The van der Waals surface area contributed by atoms with E-state index in [1.54, 1.807) is 6.92 Å². The standard InChI is InChI=1S/C20H22BrNO3/c1-12-10-13(2)19-17(11-12)18(8-9-24-19)22-20(23)14(3)25-16-6-4-15(21)5-7-16/h4-7,10-11,14,18H,8-9H2,1-3H3,(H,22,23). The Morgan fingerprint density at radius 1 is 1.28 bits per heavy atom. The van der Waals surface area contributed by atoms with Crippen LogP contribution < -0.4 is 14.8 Å². The van der Waals surface area contributed by atoms with Crippen molar-refractivity contribution in [2.45, 2.75) is 39.3 Å². The van der Waals surface area contributed by atoms with E-state index in [-0.39, 0.29) is 11.9 Å². The molecule has 2 aromatic carbocycles. The quantitative estimate of drug-likeness (QED) is 0.818. The Kier molecular flexibility index (Phi) is 5.33. The van der Waals surface area contributed by atoms with Gasteiger partial charge in [-0.1, -0.05) is 33.6 Å². The number of hydrogen-bond donors (Lipinski definition) is 1. The number of halogens is 1. The molecule has 0 saturated heterocycles. The third-order valence-corrected chi connectivity index (χ3v) is 4.82. The maximum absolute atomic E-state index is 12.6. The fraction of sp³-hybridized carbons (Fsp3) is 0.350. The predicted molar refractivity (Wildman–Crippen MR) is 101 cm³/mol. The van der Waals surface area contributed by atoms with Crippen molar-refractivity contribution in [1.29, 1.82) is 0 Å². The first kappa shape index (κ1) is 17.8. The molecule has 3 rings (SSSR count). The highest BCUT2D eigenvalue weighted by molar-refractivity contribution is 9.10. The van der Waals surface area contributed by atoms with Gasteiger partial charge in [0.15, 0.2) is 6.10 Å². The Morgan fingerprint density at radius 3 is 2.72 bits per heavy atom. The molecule has 1 heterocycles. The summed E-state index contributed by atoms with van der Waals surface area (Å²) in [5.41, 5.74) is 3.32. The summed E-state index contributed by atoms with van der Waals surface area (Å²) in [5, 5.41) is 3.11. The van der Waals surface area contributed by atoms with Crippen LogP contribution >= 0.6 is 15.9 Å². The van der Waals surface area contributed by atoms with Crippen LogP contribution in [0.5, 0.6) is 11.5 Å². The molecule has 132 valence electrons. The average molecular weight is 404 g/mol. The Balaban J connectivity index is 1.70. The summed E-state index contributed by atoms with van der Waals surface area (Å²) in [6.07, 6.45) is 0.186. The lowest BCUT2D eigenvalue weighted by molar-refractivity contribution is -0.128. The highest BCUT2D eigenvalue weighted by Gasteiger charge is 2.26. The molecule has 0 aromatic heterocycles. The van der Waals surface area contributed by atoms with Crippen LogP contribution in [0.25, 0.3) is 0 Å². The van der Waals surface area contributed by atoms with Crippen LogP contribution in [0.2, 0.25) is 0 Å². The number of carbonyl (C=O) groups is 1. The summed E-state index contributed by atoms with van der Waals surface area (Å²) >= 11 is 3.39. The van der Waals surface area contributed by atoms with Crippen LogP contribution in [0.4, 0.5) is 0 Å². The van der Waals surface area contributed by atoms with E-state index in [9.17, 15) is 4.79 Å². The first-order valence-electron chi connectivity index (χ1n) is 8.40. The van der Waals surface area contributed by atoms with Gasteiger partial charge in [-0.05, 0) is 50.6 Å². The summed E-state index contributed by atoms with van der Waals surface area (Å²) in [6.45, 7) is 6.46. The van der Waals surface area contributed by atoms with E-state index >= 15 is 0 Å². The molecule has 0 fully saturated rings. The summed E-state index contributed by atoms with van der Waals surface area (Å²) in [7, 11) is 0. The topological polar surface area (TPSA) is 47.6 Å². The van der Waals surface area contributed by atoms with Gasteiger partial charge in [0.05, 0.1) is 12.6 Å². The van der Waals surface area contributed by atoms with E-state index in [1.807, 2.05) is 31.2 Å². The lowest BCUT2D eigenvalue weighted by Gasteiger charge is -2.29. The van der Waals surface area contributed by atoms with Gasteiger partial charge in [-0.15, -0.1) is 0 Å². The first-order chi connectivity index (χ1) is 11.9. The minimum Gasteiger partial charge on any atom is -0.493 e. The lowest BCUT2D eigenvalue weighted by atomic mass is 9.95. The van der Waals surface area contributed by atoms with Crippen LogP contribution in [-0.4, -0.2) is 18.6 Å². The van der Waals surface area contributed by atoms with Gasteiger partial charge in [-0.3, -0.25) is 4.79 Å². The normalized spacial score (nSPS) is 17.2. The molecule has 0 spiro atoms. The van der Waals surface area contributed by atoms with E-state index in [1.165, 1.54) is 5.56 Å². The van der Waals surface area contributed by atoms with Gasteiger partial charge in [-0.2, -0.15) is 0 Å². The molecule has 1 aliphatic heterocycles. The Hall–Kier alpha value is -2.01. The smallest absolute Gasteiger partial charge is 0.261 e. The van der Waals surface area contributed by atoms with E-state index in [0.29, 0.717) is 12.4 Å². The minimum absolute atomic E-state index is 0.0502. The van der Waals surface area contributed by atoms with E-state index in [0.717, 1.165) is 27.8 Å². The number of nitrogens with one attached hydrogen (secondary N) is 1. The van der Waals surface area contributed by atoms with Crippen molar-refractivity contribution in [2.24, 2.45) is 0 Å². The highest BCUT2D eigenvalue weighted by Crippen LogP contribution is 2.35. The fourth-order valence-electron chi connectivity index (χ4n) is 3.09. The number of benzene rings is 2. The zero-order valence-corrected chi connectivity index (χ0v) is 16.2. The molecule has 5 heteroatoms. The van der Waals surface area contributed by atoms with Crippen LogP contribution in [0.15, 0.2) is 40.9 Å². The fourth-order valence-corrected chi connectivity index (χ4v) is 3.35. The summed E-state index contributed by atoms with van der Waals surface area (Å²) in [5.74, 6) is 1.44. The van der Waals surface area contributed by atoms with Gasteiger partial charge >= 0.3 is 0 Å². The van der Waals surface area contributed by atoms with Gasteiger partial charge in [0.1, 0.15) is 11.5 Å². The van der Waals surface area contributed by atoms with Crippen molar-refractivity contribution in [3.05, 3.63) is 57.6 Å². The maximum Gasteiger partial charge on any atom is 0.261 e. The molecule has 0 bridgehead atoms. The SMILES string of the molecule is Cc1cc(C)c2c(c1)C(NC(=O)C(C)Oc1ccc(Br)cc1)CCO2. The zero-order chi connectivity index (χ0) is 18.0. The number of fused-ring (bicyclic) bond motifs is 1. The number of rotatable bonds is 4. The molecule has 0 radical (unpaired) electrons. The Bertz CT molecular complexity index is 773. The number of amides is 1. The Morgan fingerprint density at radius 2 is 2.00 bits per heavy atom. The predicted octanol–water partition coefficient (Wildman–Crippen LogP) is 4.47. The van der Waals surface area contributed by atoms with Crippen LogP contribution in [0.3, 0.4) is 0 Å². The molecular weight excluding hydrogens is 382 g/mol. The number of aryl methyl sites for hydroxylation is 2. The third-order valence-electron chi connectivity index (χ3n) is 4.29. The molecule has 1 N–H and O–H groups in total. The summed E-state index contributed by atoms with van der Waals surface area (Å²) < 4.78 is 12.5. The van der Waals surface area contributed by atoms with Crippen molar-refractivity contribution >= 4 is 21.8 Å². The maximum atomic E-state index is 12.6. The average Bonchev–Trinajstić information content (AvgIpc) is 2.57. The number of ether oxygens (including phenoxy) is 2. The molecule has 1 aliphatic rings. The van der Waals surface area contributed by atoms with Gasteiger partial charge in [0, 0.05) is 16.5 Å². The monoisotopic (exact) mass is 403 g/mol. The van der Waals surface area contributed by atoms with Crippen molar-refractivity contribution in [3.8, 4) is 11.5 Å². The van der Waals surface area contributed by atoms with Gasteiger partial charge in [-0.25, -0.2) is 0 Å². The van der Waals surface area contributed by atoms with Crippen LogP contribution in [0.1, 0.15) is 36.1 Å². The first-order valence-corrected chi connectivity index (χ1v) is 9.20. The summed E-state index contributed by atoms with van der Waals surface area (Å²) in [4.78, 5) is 12.6. The van der Waals surface area contributed by atoms with Crippen LogP contribution in [-0.2, 0) is 4.79 Å². The second-order valence-electron chi connectivity index (χ2n) is 6.41. The van der Waals surface area contributed by atoms with Crippen molar-refractivity contribution in [1.82, 2.24) is 5.32 Å². The molecule has 2 atom stereocenters. The molecular formula is C20H22BrNO3. The second-order valence-corrected chi connectivity index (χ2v) is 7.33. The van der Waals surface area contributed by atoms with Crippen molar-refractivity contribution in [3.63, 3.8) is 0 Å². The number of carbonyl (C=O) groups excluding carboxylic acids is 1. The molecule has 0 saturated carbocycles. The second kappa shape index (κ2) is 7.48. The lowest BCUT2D eigenvalue weighted by Crippen LogP contribution is -2.40. The third kappa shape index (κ3) is 4.15. The van der Waals surface area contributed by atoms with Crippen LogP contribution in [0, 0.1) is 13.8 Å². The molecule has 2 aromatic rings.